The van der Waals surface area contributed by atoms with E-state index in [2.05, 4.69) is 4.98 Å². The highest BCUT2D eigenvalue weighted by Crippen LogP contribution is 2.20. The summed E-state index contributed by atoms with van der Waals surface area (Å²) in [5.41, 5.74) is 1.57. The molecule has 0 radical (unpaired) electrons. The van der Waals surface area contributed by atoms with Crippen molar-refractivity contribution in [1.29, 1.82) is 5.41 Å². The fourth-order valence-electron chi connectivity index (χ4n) is 2.12. The van der Waals surface area contributed by atoms with E-state index in [0.717, 1.165) is 0 Å². The van der Waals surface area contributed by atoms with Crippen LogP contribution in [-0.4, -0.2) is 21.0 Å². The van der Waals surface area contributed by atoms with E-state index in [4.69, 9.17) is 5.41 Å². The van der Waals surface area contributed by atoms with Gasteiger partial charge in [0.25, 0.3) is 0 Å². The maximum absolute atomic E-state index is 11.9. The zero-order valence-corrected chi connectivity index (χ0v) is 8.41. The van der Waals surface area contributed by atoms with Crippen LogP contribution >= 0.6 is 0 Å². The predicted octanol–water partition coefficient (Wildman–Crippen LogP) is 0.936. The van der Waals surface area contributed by atoms with Crippen LogP contribution in [0.3, 0.4) is 0 Å². The van der Waals surface area contributed by atoms with Gasteiger partial charge in [0, 0.05) is 18.5 Å². The Morgan fingerprint density at radius 2 is 2.12 bits per heavy atom. The standard InChI is InChI=1S/C11H9N3O2/c12-7-4-5-14-9-6(10(7)15)2-1-3-8(9)13-11(14)16/h1-3,12H,4-5H2,(H,13,16). The minimum atomic E-state index is -0.282. The molecule has 2 N–H and O–H groups in total. The van der Waals surface area contributed by atoms with Crippen molar-refractivity contribution in [3.8, 4) is 0 Å². The number of carbonyl (C=O) groups excluding carboxylic acids is 1. The van der Waals surface area contributed by atoms with Crippen LogP contribution in [-0.2, 0) is 6.54 Å². The van der Waals surface area contributed by atoms with E-state index in [1.54, 1.807) is 18.2 Å². The molecule has 1 aliphatic rings. The molecule has 2 aromatic rings. The van der Waals surface area contributed by atoms with Crippen LogP contribution < -0.4 is 5.69 Å². The number of ketones is 1. The van der Waals surface area contributed by atoms with Gasteiger partial charge >= 0.3 is 5.69 Å². The summed E-state index contributed by atoms with van der Waals surface area (Å²) < 4.78 is 1.53. The number of aryl methyl sites for hydroxylation is 1. The second kappa shape index (κ2) is 2.91. The molecule has 1 aliphatic heterocycles. The Morgan fingerprint density at radius 3 is 2.94 bits per heavy atom. The molecule has 80 valence electrons. The van der Waals surface area contributed by atoms with Crippen molar-refractivity contribution in [3.63, 3.8) is 0 Å². The van der Waals surface area contributed by atoms with Gasteiger partial charge in [-0.15, -0.1) is 0 Å². The molecule has 0 amide bonds. The molecule has 2 heterocycles. The van der Waals surface area contributed by atoms with E-state index in [1.807, 2.05) is 0 Å². The van der Waals surface area contributed by atoms with Crippen LogP contribution in [0, 0.1) is 5.41 Å². The lowest BCUT2D eigenvalue weighted by Gasteiger charge is -1.99. The first-order valence-electron chi connectivity index (χ1n) is 5.02. The first-order chi connectivity index (χ1) is 7.68. The van der Waals surface area contributed by atoms with Crippen molar-refractivity contribution < 1.29 is 4.79 Å². The van der Waals surface area contributed by atoms with Gasteiger partial charge in [-0.1, -0.05) is 6.07 Å². The van der Waals surface area contributed by atoms with Crippen molar-refractivity contribution >= 4 is 22.5 Å². The molecular weight excluding hydrogens is 206 g/mol. The number of hydrogen-bond acceptors (Lipinski definition) is 3. The average molecular weight is 215 g/mol. The highest BCUT2D eigenvalue weighted by molar-refractivity contribution is 6.46. The van der Waals surface area contributed by atoms with Crippen LogP contribution in [0.2, 0.25) is 0 Å². The van der Waals surface area contributed by atoms with E-state index in [1.165, 1.54) is 4.57 Å². The van der Waals surface area contributed by atoms with Gasteiger partial charge in [0.05, 0.1) is 16.7 Å². The first-order valence-corrected chi connectivity index (χ1v) is 5.02. The maximum atomic E-state index is 11.9. The third-order valence-corrected chi connectivity index (χ3v) is 2.90. The third-order valence-electron chi connectivity index (χ3n) is 2.90. The molecule has 3 rings (SSSR count). The lowest BCUT2D eigenvalue weighted by Crippen LogP contribution is -2.17. The van der Waals surface area contributed by atoms with E-state index in [0.29, 0.717) is 29.6 Å². The molecule has 0 spiro atoms. The molecule has 5 nitrogen and oxygen atoms in total. The summed E-state index contributed by atoms with van der Waals surface area (Å²) in [4.78, 5) is 26.2. The Hall–Kier alpha value is -2.17. The van der Waals surface area contributed by atoms with Crippen molar-refractivity contribution in [1.82, 2.24) is 9.55 Å². The number of rotatable bonds is 0. The summed E-state index contributed by atoms with van der Waals surface area (Å²) >= 11 is 0. The number of aromatic amines is 1. The number of hydrogen-bond donors (Lipinski definition) is 2. The van der Waals surface area contributed by atoms with E-state index < -0.39 is 0 Å². The van der Waals surface area contributed by atoms with Gasteiger partial charge in [0.15, 0.2) is 0 Å². The fourth-order valence-corrected chi connectivity index (χ4v) is 2.12. The lowest BCUT2D eigenvalue weighted by atomic mass is 10.1. The monoisotopic (exact) mass is 215 g/mol. The molecule has 0 unspecified atom stereocenters. The Morgan fingerprint density at radius 1 is 1.31 bits per heavy atom. The molecule has 0 saturated heterocycles. The molecule has 0 saturated carbocycles. The van der Waals surface area contributed by atoms with Crippen LogP contribution in [0.4, 0.5) is 0 Å². The summed E-state index contributed by atoms with van der Waals surface area (Å²) in [6.07, 6.45) is 0.306. The molecular formula is C11H9N3O2. The molecule has 1 aromatic carbocycles. The van der Waals surface area contributed by atoms with Crippen molar-refractivity contribution in [3.05, 3.63) is 34.2 Å². The van der Waals surface area contributed by atoms with Gasteiger partial charge in [0.2, 0.25) is 5.78 Å². The highest BCUT2D eigenvalue weighted by atomic mass is 16.1. The summed E-state index contributed by atoms with van der Waals surface area (Å²) in [5, 5.41) is 7.61. The number of aromatic nitrogens is 2. The molecule has 16 heavy (non-hydrogen) atoms. The van der Waals surface area contributed by atoms with Crippen molar-refractivity contribution in [2.24, 2.45) is 0 Å². The van der Waals surface area contributed by atoms with E-state index >= 15 is 0 Å². The van der Waals surface area contributed by atoms with Gasteiger partial charge in [-0.25, -0.2) is 4.79 Å². The number of benzene rings is 1. The number of Topliss-reactive ketones (excluding diaryl/α,β-unsaturated/α-hetero) is 1. The van der Waals surface area contributed by atoms with Gasteiger partial charge < -0.3 is 10.4 Å². The zero-order valence-electron chi connectivity index (χ0n) is 8.41. The highest BCUT2D eigenvalue weighted by Gasteiger charge is 2.22. The van der Waals surface area contributed by atoms with Crippen LogP contribution in [0.5, 0.6) is 0 Å². The summed E-state index contributed by atoms with van der Waals surface area (Å²) in [7, 11) is 0. The smallest absolute Gasteiger partial charge is 0.306 e. The van der Waals surface area contributed by atoms with E-state index in [9.17, 15) is 9.59 Å². The zero-order chi connectivity index (χ0) is 11.3. The predicted molar refractivity (Wildman–Crippen MR) is 59.2 cm³/mol. The van der Waals surface area contributed by atoms with E-state index in [-0.39, 0.29) is 17.2 Å². The molecule has 0 aliphatic carbocycles. The van der Waals surface area contributed by atoms with Gasteiger partial charge in [-0.05, 0) is 12.1 Å². The number of para-hydroxylation sites is 1. The Bertz CT molecular complexity index is 678. The molecule has 0 bridgehead atoms. The third kappa shape index (κ3) is 1.02. The average Bonchev–Trinajstić information content (AvgIpc) is 2.53. The second-order valence-electron chi connectivity index (χ2n) is 3.84. The van der Waals surface area contributed by atoms with Crippen molar-refractivity contribution in [2.75, 3.05) is 0 Å². The van der Waals surface area contributed by atoms with Crippen LogP contribution in [0.15, 0.2) is 23.0 Å². The minimum Gasteiger partial charge on any atom is -0.306 e. The second-order valence-corrected chi connectivity index (χ2v) is 3.84. The molecule has 5 heteroatoms. The summed E-state index contributed by atoms with van der Waals surface area (Å²) in [6.45, 7) is 0.389. The van der Waals surface area contributed by atoms with Gasteiger partial charge in [-0.3, -0.25) is 9.36 Å². The van der Waals surface area contributed by atoms with Crippen LogP contribution in [0.1, 0.15) is 16.8 Å². The number of nitrogens with zero attached hydrogens (tertiary/aromatic N) is 1. The maximum Gasteiger partial charge on any atom is 0.326 e. The summed E-state index contributed by atoms with van der Waals surface area (Å²) in [6, 6.07) is 5.14. The quantitative estimate of drug-likeness (QED) is 0.685. The van der Waals surface area contributed by atoms with Gasteiger partial charge in [-0.2, -0.15) is 0 Å². The SMILES string of the molecule is N=C1CCn2c(=O)[nH]c3cccc(c32)C1=O. The Labute approximate surface area is 90.2 Å². The number of imidazole rings is 1. The summed E-state index contributed by atoms with van der Waals surface area (Å²) in [5.74, 6) is -0.282. The molecule has 1 aromatic heterocycles. The number of carbonyl (C=O) groups is 1. The largest absolute Gasteiger partial charge is 0.326 e. The lowest BCUT2D eigenvalue weighted by molar-refractivity contribution is 0.106. The fraction of sp³-hybridized carbons (Fsp3) is 0.182. The normalized spacial score (nSPS) is 15.5. The topological polar surface area (TPSA) is 78.7 Å². The first kappa shape index (κ1) is 9.08. The number of nitrogens with one attached hydrogen (secondary N) is 2. The van der Waals surface area contributed by atoms with Crippen LogP contribution in [0.25, 0.3) is 11.0 Å². The van der Waals surface area contributed by atoms with Crippen molar-refractivity contribution in [2.45, 2.75) is 13.0 Å². The molecule has 0 atom stereocenters. The Kier molecular flexibility index (Phi) is 1.65. The number of H-pyrrole nitrogens is 1. The van der Waals surface area contributed by atoms with Gasteiger partial charge in [0.1, 0.15) is 0 Å². The molecule has 0 fully saturated rings. The minimum absolute atomic E-state index is 0.0654. The Balaban J connectivity index is 2.51.